The second-order valence-corrected chi connectivity index (χ2v) is 7.43. The van der Waals surface area contributed by atoms with E-state index in [1.807, 2.05) is 19.9 Å². The van der Waals surface area contributed by atoms with Crippen molar-refractivity contribution in [2.75, 3.05) is 0 Å². The van der Waals surface area contributed by atoms with E-state index in [-0.39, 0.29) is 0 Å². The van der Waals surface area contributed by atoms with Crippen LogP contribution in [0.4, 0.5) is 0 Å². The van der Waals surface area contributed by atoms with Crippen molar-refractivity contribution in [3.63, 3.8) is 0 Å². The van der Waals surface area contributed by atoms with Gasteiger partial charge in [-0.25, -0.2) is 15.0 Å². The van der Waals surface area contributed by atoms with Crippen molar-refractivity contribution >= 4 is 33.1 Å². The first-order valence-electron chi connectivity index (χ1n) is 9.56. The van der Waals surface area contributed by atoms with Gasteiger partial charge in [-0.15, -0.1) is 0 Å². The molecule has 0 aliphatic carbocycles. The van der Waals surface area contributed by atoms with Crippen LogP contribution in [0.2, 0.25) is 0 Å². The van der Waals surface area contributed by atoms with E-state index in [2.05, 4.69) is 73.5 Å². The summed E-state index contributed by atoms with van der Waals surface area (Å²) in [7, 11) is 0. The maximum atomic E-state index is 4.80. The lowest BCUT2D eigenvalue weighted by Crippen LogP contribution is -1.83. The summed E-state index contributed by atoms with van der Waals surface area (Å²) in [4.78, 5) is 23.8. The molecule has 0 fully saturated rings. The number of hydrogen-bond donors (Lipinski definition) is 3. The van der Waals surface area contributed by atoms with Crippen molar-refractivity contribution in [2.45, 2.75) is 13.8 Å². The summed E-state index contributed by atoms with van der Waals surface area (Å²) >= 11 is 0. The number of aromatic nitrogens is 6. The van der Waals surface area contributed by atoms with E-state index < -0.39 is 0 Å². The monoisotopic (exact) mass is 378 g/mol. The summed E-state index contributed by atoms with van der Waals surface area (Å²) in [5, 5.41) is 0. The van der Waals surface area contributed by atoms with E-state index in [9.17, 15) is 0 Å². The molecule has 0 saturated heterocycles. The molecular weight excluding hydrogens is 360 g/mol. The molecule has 3 N–H and O–H groups in total. The van der Waals surface area contributed by atoms with Gasteiger partial charge in [0.15, 0.2) is 0 Å². The van der Waals surface area contributed by atoms with Crippen molar-refractivity contribution in [2.24, 2.45) is 0 Å². The van der Waals surface area contributed by atoms with Crippen molar-refractivity contribution in [1.82, 2.24) is 29.9 Å². The molecule has 0 unspecified atom stereocenters. The average Bonchev–Trinajstić information content (AvgIpc) is 3.39. The number of fused-ring (bicyclic) bond motifs is 3. The molecule has 140 valence electrons. The molecule has 3 aromatic carbocycles. The maximum absolute atomic E-state index is 4.80. The Balaban J connectivity index is 1.45. The van der Waals surface area contributed by atoms with E-state index in [1.54, 1.807) is 0 Å². The average molecular weight is 378 g/mol. The zero-order valence-electron chi connectivity index (χ0n) is 16.0. The molecule has 0 spiro atoms. The number of rotatable bonds is 2. The highest BCUT2D eigenvalue weighted by atomic mass is 14.9. The number of imidazole rings is 3. The summed E-state index contributed by atoms with van der Waals surface area (Å²) in [5.74, 6) is 2.68. The number of nitrogens with zero attached hydrogens (tertiary/aromatic N) is 3. The molecule has 3 heterocycles. The van der Waals surface area contributed by atoms with Crippen molar-refractivity contribution in [1.29, 1.82) is 0 Å². The number of aryl methyl sites for hydroxylation is 2. The molecule has 0 atom stereocenters. The third kappa shape index (κ3) is 2.61. The van der Waals surface area contributed by atoms with Crippen molar-refractivity contribution in [3.8, 4) is 22.5 Å². The normalized spacial score (nSPS) is 11.8. The van der Waals surface area contributed by atoms with Crippen LogP contribution in [0.3, 0.4) is 0 Å². The van der Waals surface area contributed by atoms with Gasteiger partial charge in [0.05, 0.1) is 33.1 Å². The quantitative estimate of drug-likeness (QED) is 0.384. The molecule has 0 amide bonds. The molecule has 6 nitrogen and oxygen atoms in total. The topological polar surface area (TPSA) is 86.0 Å². The highest BCUT2D eigenvalue weighted by molar-refractivity contribution is 5.93. The van der Waals surface area contributed by atoms with Crippen LogP contribution in [0.25, 0.3) is 55.6 Å². The van der Waals surface area contributed by atoms with Gasteiger partial charge in [-0.1, -0.05) is 24.3 Å². The molecule has 29 heavy (non-hydrogen) atoms. The minimum Gasteiger partial charge on any atom is -0.342 e. The van der Waals surface area contributed by atoms with Gasteiger partial charge in [0.2, 0.25) is 0 Å². The Hall–Kier alpha value is -3.93. The zero-order chi connectivity index (χ0) is 19.5. The Kier molecular flexibility index (Phi) is 3.20. The molecule has 0 radical (unpaired) electrons. The highest BCUT2D eigenvalue weighted by Gasteiger charge is 2.10. The second-order valence-electron chi connectivity index (χ2n) is 7.43. The minimum atomic E-state index is 0.852. The second kappa shape index (κ2) is 5.78. The summed E-state index contributed by atoms with van der Waals surface area (Å²) in [6.07, 6.45) is 0. The fourth-order valence-electron chi connectivity index (χ4n) is 3.94. The standard InChI is InChI=1S/C23H18N6/c1-12-24-17-7-6-15(9-18(17)25-12)14-4-3-5-16(8-14)23-28-21-10-19-20(11-22(21)29-23)27-13(2)26-19/h3-11H,1-2H3,(H,24,25)(H,26,27)(H,28,29). The summed E-state index contributed by atoms with van der Waals surface area (Å²) in [6, 6.07) is 18.8. The number of benzene rings is 3. The number of aromatic amines is 3. The van der Waals surface area contributed by atoms with Crippen LogP contribution in [-0.4, -0.2) is 29.9 Å². The first kappa shape index (κ1) is 16.1. The van der Waals surface area contributed by atoms with Crippen LogP contribution in [0, 0.1) is 13.8 Å². The van der Waals surface area contributed by atoms with E-state index in [0.29, 0.717) is 0 Å². The third-order valence-electron chi connectivity index (χ3n) is 5.27. The van der Waals surface area contributed by atoms with Gasteiger partial charge in [-0.3, -0.25) is 0 Å². The van der Waals surface area contributed by atoms with Gasteiger partial charge >= 0.3 is 0 Å². The molecule has 6 rings (SSSR count). The Morgan fingerprint density at radius 1 is 0.552 bits per heavy atom. The highest BCUT2D eigenvalue weighted by Crippen LogP contribution is 2.29. The first-order chi connectivity index (χ1) is 14.1. The Morgan fingerprint density at radius 2 is 1.21 bits per heavy atom. The van der Waals surface area contributed by atoms with Gasteiger partial charge < -0.3 is 15.0 Å². The van der Waals surface area contributed by atoms with Gasteiger partial charge in [-0.2, -0.15) is 0 Å². The van der Waals surface area contributed by atoms with Gasteiger partial charge in [0, 0.05) is 5.56 Å². The van der Waals surface area contributed by atoms with E-state index >= 15 is 0 Å². The molecule has 6 aromatic rings. The predicted octanol–water partition coefficient (Wildman–Crippen LogP) is 5.27. The third-order valence-corrected chi connectivity index (χ3v) is 5.27. The lowest BCUT2D eigenvalue weighted by Gasteiger charge is -2.04. The number of H-pyrrole nitrogens is 3. The smallest absolute Gasteiger partial charge is 0.138 e. The predicted molar refractivity (Wildman–Crippen MR) is 116 cm³/mol. The van der Waals surface area contributed by atoms with Crippen molar-refractivity contribution < 1.29 is 0 Å². The zero-order valence-corrected chi connectivity index (χ0v) is 16.0. The Morgan fingerprint density at radius 3 is 2.07 bits per heavy atom. The van der Waals surface area contributed by atoms with E-state index in [1.165, 1.54) is 0 Å². The largest absolute Gasteiger partial charge is 0.342 e. The lowest BCUT2D eigenvalue weighted by atomic mass is 10.0. The Bertz CT molecular complexity index is 1480. The molecular formula is C23H18N6. The summed E-state index contributed by atoms with van der Waals surface area (Å²) in [5.41, 5.74) is 9.23. The van der Waals surface area contributed by atoms with Crippen LogP contribution in [0.5, 0.6) is 0 Å². The first-order valence-corrected chi connectivity index (χ1v) is 9.56. The SMILES string of the molecule is Cc1nc2ccc(-c3cccc(-c4nc5cc6nc(C)[nH]c6cc5[nH]4)c3)cc2[nH]1. The minimum absolute atomic E-state index is 0.852. The van der Waals surface area contributed by atoms with Gasteiger partial charge in [-0.05, 0) is 55.3 Å². The Labute approximate surface area is 166 Å². The molecule has 6 heteroatoms. The number of nitrogens with one attached hydrogen (secondary N) is 3. The fraction of sp³-hybridized carbons (Fsp3) is 0.0870. The van der Waals surface area contributed by atoms with Crippen LogP contribution in [0.1, 0.15) is 11.6 Å². The lowest BCUT2D eigenvalue weighted by molar-refractivity contribution is 1.17. The van der Waals surface area contributed by atoms with Crippen LogP contribution in [0.15, 0.2) is 54.6 Å². The van der Waals surface area contributed by atoms with Crippen LogP contribution < -0.4 is 0 Å². The van der Waals surface area contributed by atoms with Crippen LogP contribution >= 0.6 is 0 Å². The van der Waals surface area contributed by atoms with E-state index in [4.69, 9.17) is 4.98 Å². The van der Waals surface area contributed by atoms with Crippen molar-refractivity contribution in [3.05, 3.63) is 66.2 Å². The molecule has 3 aromatic heterocycles. The molecule has 0 bridgehead atoms. The summed E-state index contributed by atoms with van der Waals surface area (Å²) < 4.78 is 0. The number of hydrogen-bond acceptors (Lipinski definition) is 3. The molecule has 0 saturated carbocycles. The molecule has 0 aliphatic heterocycles. The van der Waals surface area contributed by atoms with Crippen LogP contribution in [-0.2, 0) is 0 Å². The maximum Gasteiger partial charge on any atom is 0.138 e. The van der Waals surface area contributed by atoms with Gasteiger partial charge in [0.1, 0.15) is 17.5 Å². The fourth-order valence-corrected chi connectivity index (χ4v) is 3.94. The van der Waals surface area contributed by atoms with Gasteiger partial charge in [0.25, 0.3) is 0 Å². The summed E-state index contributed by atoms with van der Waals surface area (Å²) in [6.45, 7) is 3.93. The molecule has 0 aliphatic rings. The van der Waals surface area contributed by atoms with E-state index in [0.717, 1.165) is 67.3 Å².